The number of rotatable bonds is 11. The van der Waals surface area contributed by atoms with Gasteiger partial charge in [-0.15, -0.1) is 0 Å². The Kier molecular flexibility index (Phi) is 10.9. The summed E-state index contributed by atoms with van der Waals surface area (Å²) in [6.45, 7) is 9.08. The third-order valence-corrected chi connectivity index (χ3v) is 6.13. The molecular formula is C28H38O5. The molecule has 33 heavy (non-hydrogen) atoms. The summed E-state index contributed by atoms with van der Waals surface area (Å²) >= 11 is 0. The molecule has 0 spiro atoms. The summed E-state index contributed by atoms with van der Waals surface area (Å²) in [6, 6.07) is 10.3. The summed E-state index contributed by atoms with van der Waals surface area (Å²) in [4.78, 5) is 23.7. The van der Waals surface area contributed by atoms with E-state index in [9.17, 15) is 9.59 Å². The van der Waals surface area contributed by atoms with E-state index in [0.29, 0.717) is 31.3 Å². The smallest absolute Gasteiger partial charge is 0.335 e. The van der Waals surface area contributed by atoms with Crippen molar-refractivity contribution < 1.29 is 24.2 Å². The van der Waals surface area contributed by atoms with Gasteiger partial charge in [-0.05, 0) is 74.1 Å². The molecule has 0 aromatic heterocycles. The lowest BCUT2D eigenvalue weighted by Crippen LogP contribution is -2.09. The van der Waals surface area contributed by atoms with Crippen LogP contribution in [0.15, 0.2) is 36.4 Å². The Morgan fingerprint density at radius 3 is 2.27 bits per heavy atom. The van der Waals surface area contributed by atoms with Gasteiger partial charge in [-0.25, -0.2) is 4.79 Å². The van der Waals surface area contributed by atoms with Gasteiger partial charge in [0.1, 0.15) is 11.5 Å². The summed E-state index contributed by atoms with van der Waals surface area (Å²) in [5.74, 6) is 1.23. The quantitative estimate of drug-likeness (QED) is 0.291. The summed E-state index contributed by atoms with van der Waals surface area (Å²) in [5, 5.41) is 9.02. The highest BCUT2D eigenvalue weighted by Crippen LogP contribution is 2.31. The molecule has 1 aliphatic rings. The largest absolute Gasteiger partial charge is 0.494 e. The molecule has 0 bridgehead atoms. The second kappa shape index (κ2) is 13.7. The Morgan fingerprint density at radius 1 is 0.939 bits per heavy atom. The van der Waals surface area contributed by atoms with E-state index in [0.717, 1.165) is 35.3 Å². The van der Waals surface area contributed by atoms with Crippen molar-refractivity contribution in [2.45, 2.75) is 72.6 Å². The summed E-state index contributed by atoms with van der Waals surface area (Å²) < 4.78 is 11.6. The summed E-state index contributed by atoms with van der Waals surface area (Å²) in [7, 11) is 0. The van der Waals surface area contributed by atoms with Gasteiger partial charge in [0.25, 0.3) is 0 Å². The van der Waals surface area contributed by atoms with Gasteiger partial charge in [-0.1, -0.05) is 45.6 Å². The number of unbranched alkanes of at least 4 members (excludes halogenated alkanes) is 1. The minimum Gasteiger partial charge on any atom is -0.494 e. The molecule has 1 aliphatic carbocycles. The third-order valence-electron chi connectivity index (χ3n) is 6.13. The van der Waals surface area contributed by atoms with Crippen LogP contribution in [0.2, 0.25) is 0 Å². The molecule has 0 unspecified atom stereocenters. The molecule has 0 atom stereocenters. The molecule has 180 valence electrons. The molecule has 5 heteroatoms. The van der Waals surface area contributed by atoms with E-state index >= 15 is 0 Å². The fraction of sp³-hybridized carbons (Fsp3) is 0.500. The van der Waals surface area contributed by atoms with Crippen molar-refractivity contribution in [2.24, 2.45) is 5.92 Å². The maximum Gasteiger partial charge on any atom is 0.335 e. The Balaban J connectivity index is 0.00000187. The number of ether oxygens (including phenoxy) is 2. The number of carbonyl (C=O) groups is 2. The molecule has 1 saturated carbocycles. The van der Waals surface area contributed by atoms with E-state index in [2.05, 4.69) is 0 Å². The standard InChI is InChI=1S/C26H32O5.C2H6/c1-18-19(2)25(13-12-23(18)24(27)16-20-8-3-4-9-20)31-15-6-5-14-30-22-11-7-10-21(17-22)26(28)29;1-2/h7,10-13,17,20H,3-6,8-9,14-16H2,1-2H3,(H,28,29);1-2H3. The lowest BCUT2D eigenvalue weighted by molar-refractivity contribution is 0.0696. The number of aromatic carboxylic acids is 1. The maximum atomic E-state index is 12.7. The fourth-order valence-electron chi connectivity index (χ4n) is 4.14. The lowest BCUT2D eigenvalue weighted by Gasteiger charge is -2.15. The zero-order valence-electron chi connectivity index (χ0n) is 20.5. The second-order valence-corrected chi connectivity index (χ2v) is 8.38. The van der Waals surface area contributed by atoms with Crippen LogP contribution in [0.3, 0.4) is 0 Å². The van der Waals surface area contributed by atoms with Crippen LogP contribution in [-0.4, -0.2) is 30.1 Å². The zero-order chi connectivity index (χ0) is 24.2. The Labute approximate surface area is 198 Å². The zero-order valence-corrected chi connectivity index (χ0v) is 20.5. The fourth-order valence-corrected chi connectivity index (χ4v) is 4.14. The van der Waals surface area contributed by atoms with Gasteiger partial charge in [0, 0.05) is 12.0 Å². The van der Waals surface area contributed by atoms with Crippen LogP contribution in [0.1, 0.15) is 90.6 Å². The monoisotopic (exact) mass is 454 g/mol. The van der Waals surface area contributed by atoms with Crippen LogP contribution >= 0.6 is 0 Å². The number of benzene rings is 2. The minimum absolute atomic E-state index is 0.219. The van der Waals surface area contributed by atoms with E-state index < -0.39 is 5.97 Å². The normalized spacial score (nSPS) is 13.2. The van der Waals surface area contributed by atoms with Crippen LogP contribution in [-0.2, 0) is 0 Å². The molecule has 0 saturated heterocycles. The van der Waals surface area contributed by atoms with Crippen molar-refractivity contribution in [3.05, 3.63) is 58.7 Å². The number of hydrogen-bond donors (Lipinski definition) is 1. The van der Waals surface area contributed by atoms with Crippen molar-refractivity contribution in [3.63, 3.8) is 0 Å². The van der Waals surface area contributed by atoms with Crippen molar-refractivity contribution in [2.75, 3.05) is 13.2 Å². The molecule has 0 radical (unpaired) electrons. The van der Waals surface area contributed by atoms with E-state index in [-0.39, 0.29) is 11.3 Å². The van der Waals surface area contributed by atoms with Crippen molar-refractivity contribution >= 4 is 11.8 Å². The van der Waals surface area contributed by atoms with Crippen LogP contribution in [0.4, 0.5) is 0 Å². The van der Waals surface area contributed by atoms with Crippen molar-refractivity contribution in [1.29, 1.82) is 0 Å². The number of carbonyl (C=O) groups excluding carboxylic acids is 1. The molecular weight excluding hydrogens is 416 g/mol. The topological polar surface area (TPSA) is 72.8 Å². The third kappa shape index (κ3) is 7.92. The Morgan fingerprint density at radius 2 is 1.61 bits per heavy atom. The Hall–Kier alpha value is -2.82. The van der Waals surface area contributed by atoms with Crippen LogP contribution in [0, 0.1) is 19.8 Å². The minimum atomic E-state index is -0.962. The first kappa shape index (κ1) is 26.4. The van der Waals surface area contributed by atoms with Gasteiger partial charge in [-0.3, -0.25) is 4.79 Å². The summed E-state index contributed by atoms with van der Waals surface area (Å²) in [5.41, 5.74) is 3.09. The molecule has 2 aromatic rings. The predicted octanol–water partition coefficient (Wildman–Crippen LogP) is 7.03. The number of hydrogen-bond acceptors (Lipinski definition) is 4. The highest BCUT2D eigenvalue weighted by Gasteiger charge is 2.21. The first-order chi connectivity index (χ1) is 16.0. The van der Waals surface area contributed by atoms with Gasteiger partial charge >= 0.3 is 5.97 Å². The van der Waals surface area contributed by atoms with E-state index in [4.69, 9.17) is 14.6 Å². The van der Waals surface area contributed by atoms with Gasteiger partial charge in [0.15, 0.2) is 5.78 Å². The highest BCUT2D eigenvalue weighted by molar-refractivity contribution is 5.98. The molecule has 2 aromatic carbocycles. The predicted molar refractivity (Wildman–Crippen MR) is 132 cm³/mol. The molecule has 1 fully saturated rings. The van der Waals surface area contributed by atoms with Crippen LogP contribution in [0.25, 0.3) is 0 Å². The number of Topliss-reactive ketones (excluding diaryl/α,β-unsaturated/α-hetero) is 1. The second-order valence-electron chi connectivity index (χ2n) is 8.38. The molecule has 0 aliphatic heterocycles. The van der Waals surface area contributed by atoms with E-state index in [1.54, 1.807) is 18.2 Å². The van der Waals surface area contributed by atoms with Crippen molar-refractivity contribution in [3.8, 4) is 11.5 Å². The molecule has 0 amide bonds. The van der Waals surface area contributed by atoms with Crippen molar-refractivity contribution in [1.82, 2.24) is 0 Å². The molecule has 0 heterocycles. The maximum absolute atomic E-state index is 12.7. The average Bonchev–Trinajstić information content (AvgIpc) is 3.33. The van der Waals surface area contributed by atoms with Gasteiger partial charge in [0.05, 0.1) is 18.8 Å². The number of carboxylic acid groups (broad SMARTS) is 1. The van der Waals surface area contributed by atoms with Crippen LogP contribution < -0.4 is 9.47 Å². The Bertz CT molecular complexity index is 912. The van der Waals surface area contributed by atoms with Gasteiger partial charge in [0.2, 0.25) is 0 Å². The number of carboxylic acids is 1. The molecule has 5 nitrogen and oxygen atoms in total. The highest BCUT2D eigenvalue weighted by atomic mass is 16.5. The average molecular weight is 455 g/mol. The van der Waals surface area contributed by atoms with Gasteiger partial charge < -0.3 is 14.6 Å². The van der Waals surface area contributed by atoms with Gasteiger partial charge in [-0.2, -0.15) is 0 Å². The number of ketones is 1. The summed E-state index contributed by atoms with van der Waals surface area (Å²) in [6.07, 6.45) is 7.15. The van der Waals surface area contributed by atoms with E-state index in [1.165, 1.54) is 31.7 Å². The first-order valence-corrected chi connectivity index (χ1v) is 12.2. The van der Waals surface area contributed by atoms with Crippen LogP contribution in [0.5, 0.6) is 11.5 Å². The van der Waals surface area contributed by atoms with E-state index in [1.807, 2.05) is 39.8 Å². The molecule has 1 N–H and O–H groups in total. The lowest BCUT2D eigenvalue weighted by atomic mass is 9.92. The first-order valence-electron chi connectivity index (χ1n) is 12.2. The molecule has 3 rings (SSSR count). The SMILES string of the molecule is CC.Cc1c(OCCCCOc2cccc(C(=O)O)c2)ccc(C(=O)CC2CCCC2)c1C.